The van der Waals surface area contributed by atoms with E-state index in [0.717, 1.165) is 60.1 Å². The number of nitrogen functional groups attached to an aromatic ring is 1. The molecule has 5 rings (SSSR count). The molecule has 32 heavy (non-hydrogen) atoms. The van der Waals surface area contributed by atoms with Crippen molar-refractivity contribution in [3.8, 4) is 11.3 Å². The van der Waals surface area contributed by atoms with Crippen LogP contribution >= 0.6 is 11.6 Å². The van der Waals surface area contributed by atoms with E-state index in [9.17, 15) is 0 Å². The van der Waals surface area contributed by atoms with E-state index >= 15 is 0 Å². The maximum atomic E-state index is 6.47. The van der Waals surface area contributed by atoms with Crippen molar-refractivity contribution >= 4 is 34.1 Å². The van der Waals surface area contributed by atoms with Gasteiger partial charge in [0.2, 0.25) is 5.95 Å². The number of aromatic nitrogens is 4. The van der Waals surface area contributed by atoms with Crippen LogP contribution < -0.4 is 16.4 Å². The molecule has 1 aliphatic rings. The van der Waals surface area contributed by atoms with Crippen LogP contribution in [-0.2, 0) is 6.54 Å². The number of hydrogen-bond donors (Lipinski definition) is 4. The molecule has 3 aromatic heterocycles. The number of aromatic amines is 1. The van der Waals surface area contributed by atoms with E-state index in [1.54, 1.807) is 12.4 Å². The molecular weight excluding hydrogens is 422 g/mol. The number of hydrogen-bond acceptors (Lipinski definition) is 6. The van der Waals surface area contributed by atoms with Gasteiger partial charge in [-0.2, -0.15) is 0 Å². The maximum Gasteiger partial charge on any atom is 0.223 e. The second-order valence-electron chi connectivity index (χ2n) is 8.31. The van der Waals surface area contributed by atoms with Gasteiger partial charge in [-0.05, 0) is 43.9 Å². The quantitative estimate of drug-likeness (QED) is 0.339. The lowest BCUT2D eigenvalue weighted by Crippen LogP contribution is -2.39. The fourth-order valence-corrected chi connectivity index (χ4v) is 4.56. The Hall–Kier alpha value is -3.16. The van der Waals surface area contributed by atoms with Crippen LogP contribution in [0, 0.1) is 0 Å². The standard InChI is InChI=1S/C24H26ClN7/c25-21-14-30-24(32-23(21)20-13-29-22-7-2-1-6-19(20)22)31-17-5-3-4-16(10-17)28-12-18-9-8-15(26)11-27-18/h1-2,6-9,11,13-14,16-17,28-29H,3-5,10,12,26H2,(H,30,31,32). The maximum absolute atomic E-state index is 6.47. The molecule has 5 N–H and O–H groups in total. The SMILES string of the molecule is Nc1ccc(CNC2CCCC(Nc3ncc(Cl)c(-c4c[nH]c5ccccc45)n3)C2)nc1. The first kappa shape index (κ1) is 20.7. The van der Waals surface area contributed by atoms with Crippen molar-refractivity contribution in [2.24, 2.45) is 0 Å². The number of nitrogens with two attached hydrogens (primary N) is 1. The first-order valence-electron chi connectivity index (χ1n) is 10.9. The molecule has 1 fully saturated rings. The Labute approximate surface area is 191 Å². The van der Waals surface area contributed by atoms with Crippen LogP contribution in [0.4, 0.5) is 11.6 Å². The molecule has 0 aliphatic heterocycles. The number of fused-ring (bicyclic) bond motifs is 1. The molecule has 8 heteroatoms. The number of nitrogens with one attached hydrogen (secondary N) is 3. The van der Waals surface area contributed by atoms with E-state index in [2.05, 4.69) is 31.7 Å². The molecule has 0 bridgehead atoms. The van der Waals surface area contributed by atoms with Gasteiger partial charge >= 0.3 is 0 Å². The third-order valence-corrected chi connectivity index (χ3v) is 6.29. The summed E-state index contributed by atoms with van der Waals surface area (Å²) in [4.78, 5) is 16.9. The van der Waals surface area contributed by atoms with E-state index < -0.39 is 0 Å². The average molecular weight is 448 g/mol. The summed E-state index contributed by atoms with van der Waals surface area (Å²) in [6.07, 6.45) is 9.72. The molecule has 1 aromatic carbocycles. The summed E-state index contributed by atoms with van der Waals surface area (Å²) in [7, 11) is 0. The van der Waals surface area contributed by atoms with E-state index in [4.69, 9.17) is 22.3 Å². The second-order valence-corrected chi connectivity index (χ2v) is 8.71. The highest BCUT2D eigenvalue weighted by Gasteiger charge is 2.23. The molecule has 4 aromatic rings. The minimum Gasteiger partial charge on any atom is -0.397 e. The Balaban J connectivity index is 1.26. The van der Waals surface area contributed by atoms with Crippen LogP contribution in [-0.4, -0.2) is 32.0 Å². The molecule has 0 amide bonds. The average Bonchev–Trinajstić information content (AvgIpc) is 3.24. The van der Waals surface area contributed by atoms with E-state index in [0.29, 0.717) is 28.7 Å². The number of halogens is 1. The smallest absolute Gasteiger partial charge is 0.223 e. The molecule has 2 atom stereocenters. The predicted molar refractivity (Wildman–Crippen MR) is 129 cm³/mol. The van der Waals surface area contributed by atoms with Crippen molar-refractivity contribution in [1.29, 1.82) is 0 Å². The van der Waals surface area contributed by atoms with Gasteiger partial charge in [-0.1, -0.05) is 29.8 Å². The summed E-state index contributed by atoms with van der Waals surface area (Å²) >= 11 is 6.47. The third-order valence-electron chi connectivity index (χ3n) is 6.02. The van der Waals surface area contributed by atoms with Gasteiger partial charge < -0.3 is 21.4 Å². The van der Waals surface area contributed by atoms with E-state index in [-0.39, 0.29) is 0 Å². The van der Waals surface area contributed by atoms with Crippen molar-refractivity contribution < 1.29 is 0 Å². The van der Waals surface area contributed by atoms with Crippen molar-refractivity contribution in [3.05, 3.63) is 65.7 Å². The number of nitrogens with zero attached hydrogens (tertiary/aromatic N) is 3. The molecular formula is C24H26ClN7. The number of rotatable bonds is 6. The summed E-state index contributed by atoms with van der Waals surface area (Å²) in [5, 5.41) is 8.79. The van der Waals surface area contributed by atoms with Gasteiger partial charge in [-0.25, -0.2) is 9.97 Å². The Morgan fingerprint density at radius 1 is 1.06 bits per heavy atom. The topological polar surface area (TPSA) is 105 Å². The normalized spacial score (nSPS) is 18.7. The fraction of sp³-hybridized carbons (Fsp3) is 0.292. The Morgan fingerprint density at radius 2 is 1.94 bits per heavy atom. The minimum atomic E-state index is 0.303. The Bertz CT molecular complexity index is 1200. The summed E-state index contributed by atoms with van der Waals surface area (Å²) in [6.45, 7) is 0.736. The molecule has 0 saturated heterocycles. The first-order chi connectivity index (χ1) is 15.7. The van der Waals surface area contributed by atoms with Gasteiger partial charge in [0.15, 0.2) is 0 Å². The Morgan fingerprint density at radius 3 is 2.81 bits per heavy atom. The van der Waals surface area contributed by atoms with Crippen LogP contribution in [0.5, 0.6) is 0 Å². The summed E-state index contributed by atoms with van der Waals surface area (Å²) < 4.78 is 0. The molecule has 3 heterocycles. The molecule has 1 saturated carbocycles. The molecule has 164 valence electrons. The largest absolute Gasteiger partial charge is 0.397 e. The number of anilines is 2. The minimum absolute atomic E-state index is 0.303. The lowest BCUT2D eigenvalue weighted by atomic mass is 9.91. The van der Waals surface area contributed by atoms with E-state index in [1.807, 2.05) is 36.5 Å². The molecule has 2 unspecified atom stereocenters. The van der Waals surface area contributed by atoms with Crippen LogP contribution in [0.1, 0.15) is 31.4 Å². The summed E-state index contributed by atoms with van der Waals surface area (Å²) in [5.41, 5.74) is 10.2. The van der Waals surface area contributed by atoms with Gasteiger partial charge in [-0.15, -0.1) is 0 Å². The van der Waals surface area contributed by atoms with Gasteiger partial charge in [-0.3, -0.25) is 4.98 Å². The number of H-pyrrole nitrogens is 1. The van der Waals surface area contributed by atoms with Crippen LogP contribution in [0.25, 0.3) is 22.2 Å². The number of para-hydroxylation sites is 1. The lowest BCUT2D eigenvalue weighted by Gasteiger charge is -2.30. The molecule has 0 radical (unpaired) electrons. The zero-order valence-electron chi connectivity index (χ0n) is 17.7. The predicted octanol–water partition coefficient (Wildman–Crippen LogP) is 4.77. The molecule has 7 nitrogen and oxygen atoms in total. The lowest BCUT2D eigenvalue weighted by molar-refractivity contribution is 0.348. The number of pyridine rings is 1. The summed E-state index contributed by atoms with van der Waals surface area (Å²) in [5.74, 6) is 0.612. The molecule has 1 aliphatic carbocycles. The Kier molecular flexibility index (Phi) is 5.92. The highest BCUT2D eigenvalue weighted by Crippen LogP contribution is 2.32. The fourth-order valence-electron chi connectivity index (χ4n) is 4.37. The van der Waals surface area contributed by atoms with Crippen molar-refractivity contribution in [2.75, 3.05) is 11.1 Å². The van der Waals surface area contributed by atoms with Crippen LogP contribution in [0.15, 0.2) is 55.0 Å². The van der Waals surface area contributed by atoms with E-state index in [1.165, 1.54) is 0 Å². The zero-order chi connectivity index (χ0) is 21.9. The van der Waals surface area contributed by atoms with Crippen molar-refractivity contribution in [2.45, 2.75) is 44.3 Å². The highest BCUT2D eigenvalue weighted by molar-refractivity contribution is 6.33. The first-order valence-corrected chi connectivity index (χ1v) is 11.3. The van der Waals surface area contributed by atoms with Crippen LogP contribution in [0.3, 0.4) is 0 Å². The molecule has 0 spiro atoms. The van der Waals surface area contributed by atoms with Gasteiger partial charge in [0.05, 0.1) is 34.5 Å². The van der Waals surface area contributed by atoms with Crippen LogP contribution in [0.2, 0.25) is 5.02 Å². The van der Waals surface area contributed by atoms with Gasteiger partial charge in [0.25, 0.3) is 0 Å². The van der Waals surface area contributed by atoms with Crippen molar-refractivity contribution in [1.82, 2.24) is 25.3 Å². The number of benzene rings is 1. The second kappa shape index (κ2) is 9.14. The monoisotopic (exact) mass is 447 g/mol. The highest BCUT2D eigenvalue weighted by atomic mass is 35.5. The summed E-state index contributed by atoms with van der Waals surface area (Å²) in [6, 6.07) is 12.7. The van der Waals surface area contributed by atoms with Gasteiger partial charge in [0, 0.05) is 41.3 Å². The third kappa shape index (κ3) is 4.54. The zero-order valence-corrected chi connectivity index (χ0v) is 18.4. The van der Waals surface area contributed by atoms with Gasteiger partial charge in [0.1, 0.15) is 0 Å². The van der Waals surface area contributed by atoms with Crippen molar-refractivity contribution in [3.63, 3.8) is 0 Å².